The monoisotopic (exact) mass is 262 g/mol. The third-order valence-corrected chi connectivity index (χ3v) is 2.72. The molecule has 0 bridgehead atoms. The van der Waals surface area contributed by atoms with Crippen molar-refractivity contribution in [2.75, 3.05) is 5.32 Å². The number of amides is 1. The van der Waals surface area contributed by atoms with Crippen molar-refractivity contribution < 1.29 is 9.90 Å². The van der Waals surface area contributed by atoms with Gasteiger partial charge in [-0.3, -0.25) is 9.78 Å². The lowest BCUT2D eigenvalue weighted by Crippen LogP contribution is -2.13. The van der Waals surface area contributed by atoms with Crippen molar-refractivity contribution in [1.82, 2.24) is 4.98 Å². The molecule has 0 aliphatic rings. The Morgan fingerprint density at radius 2 is 2.17 bits per heavy atom. The molecule has 4 nitrogen and oxygen atoms in total. The van der Waals surface area contributed by atoms with E-state index in [1.807, 2.05) is 6.92 Å². The summed E-state index contributed by atoms with van der Waals surface area (Å²) in [6.45, 7) is 1.84. The third-order valence-electron chi connectivity index (χ3n) is 2.48. The lowest BCUT2D eigenvalue weighted by atomic mass is 10.2. The van der Waals surface area contributed by atoms with E-state index in [0.717, 1.165) is 5.56 Å². The molecule has 2 N–H and O–H groups in total. The summed E-state index contributed by atoms with van der Waals surface area (Å²) in [6, 6.07) is 6.61. The number of hydrogen-bond acceptors (Lipinski definition) is 3. The summed E-state index contributed by atoms with van der Waals surface area (Å²) in [4.78, 5) is 15.7. The summed E-state index contributed by atoms with van der Waals surface area (Å²) in [5.41, 5.74) is 1.68. The van der Waals surface area contributed by atoms with E-state index in [1.165, 1.54) is 18.5 Å². The van der Waals surface area contributed by atoms with Crippen LogP contribution < -0.4 is 5.32 Å². The number of nitrogens with zero attached hydrogens (tertiary/aromatic N) is 1. The molecule has 0 aliphatic heterocycles. The first-order chi connectivity index (χ1) is 8.58. The minimum atomic E-state index is -0.389. The number of nitrogens with one attached hydrogen (secondary N) is 1. The van der Waals surface area contributed by atoms with Crippen molar-refractivity contribution in [2.24, 2.45) is 0 Å². The Labute approximate surface area is 109 Å². The fourth-order valence-corrected chi connectivity index (χ4v) is 1.76. The van der Waals surface area contributed by atoms with Gasteiger partial charge < -0.3 is 10.4 Å². The molecule has 2 aromatic rings. The van der Waals surface area contributed by atoms with Crippen molar-refractivity contribution in [3.63, 3.8) is 0 Å². The van der Waals surface area contributed by atoms with E-state index in [1.54, 1.807) is 18.2 Å². The van der Waals surface area contributed by atoms with Crippen LogP contribution in [0.4, 0.5) is 5.69 Å². The summed E-state index contributed by atoms with van der Waals surface area (Å²) >= 11 is 5.83. The standard InChI is InChI=1S/C13H11ClN2O2/c1-8-6-9(14)2-3-11(8)16-13(18)10-4-5-15-7-12(10)17/h2-7,17H,1H3,(H,16,18). The number of pyridine rings is 1. The molecular weight excluding hydrogens is 252 g/mol. The molecule has 1 aromatic carbocycles. The number of halogens is 1. The van der Waals surface area contributed by atoms with Crippen LogP contribution in [-0.2, 0) is 0 Å². The maximum atomic E-state index is 11.9. The molecule has 0 aliphatic carbocycles. The van der Waals surface area contributed by atoms with Crippen LogP contribution in [-0.4, -0.2) is 16.0 Å². The summed E-state index contributed by atoms with van der Waals surface area (Å²) in [7, 11) is 0. The lowest BCUT2D eigenvalue weighted by molar-refractivity contribution is 0.102. The highest BCUT2D eigenvalue weighted by atomic mass is 35.5. The number of benzene rings is 1. The zero-order valence-electron chi connectivity index (χ0n) is 9.64. The highest BCUT2D eigenvalue weighted by Gasteiger charge is 2.11. The molecule has 0 atom stereocenters. The summed E-state index contributed by atoms with van der Waals surface area (Å²) in [5.74, 6) is -0.540. The average molecular weight is 263 g/mol. The van der Waals surface area contributed by atoms with Crippen LogP contribution in [0.1, 0.15) is 15.9 Å². The second kappa shape index (κ2) is 5.06. The SMILES string of the molecule is Cc1cc(Cl)ccc1NC(=O)c1ccncc1O. The first-order valence-electron chi connectivity index (χ1n) is 5.28. The summed E-state index contributed by atoms with van der Waals surface area (Å²) in [5, 5.41) is 12.8. The molecule has 5 heteroatoms. The van der Waals surface area contributed by atoms with Gasteiger partial charge in [0.1, 0.15) is 5.75 Å². The Morgan fingerprint density at radius 3 is 2.83 bits per heavy atom. The fourth-order valence-electron chi connectivity index (χ4n) is 1.54. The molecular formula is C13H11ClN2O2. The van der Waals surface area contributed by atoms with E-state index >= 15 is 0 Å². The average Bonchev–Trinajstić information content (AvgIpc) is 2.33. The highest BCUT2D eigenvalue weighted by Crippen LogP contribution is 2.21. The minimum absolute atomic E-state index is 0.151. The van der Waals surface area contributed by atoms with Crippen LogP contribution in [0.25, 0.3) is 0 Å². The normalized spacial score (nSPS) is 10.1. The largest absolute Gasteiger partial charge is 0.505 e. The number of carbonyl (C=O) groups is 1. The van der Waals surface area contributed by atoms with Gasteiger partial charge in [-0.05, 0) is 36.8 Å². The molecule has 0 unspecified atom stereocenters. The Balaban J connectivity index is 2.24. The molecule has 2 rings (SSSR count). The molecule has 1 amide bonds. The predicted octanol–water partition coefficient (Wildman–Crippen LogP) is 3.00. The first-order valence-corrected chi connectivity index (χ1v) is 5.66. The zero-order valence-corrected chi connectivity index (χ0v) is 10.4. The first kappa shape index (κ1) is 12.4. The second-order valence-electron chi connectivity index (χ2n) is 3.81. The molecule has 1 heterocycles. The Morgan fingerprint density at radius 1 is 1.39 bits per heavy atom. The van der Waals surface area contributed by atoms with E-state index in [0.29, 0.717) is 10.7 Å². The van der Waals surface area contributed by atoms with Crippen LogP contribution >= 0.6 is 11.6 Å². The Kier molecular flexibility index (Phi) is 3.48. The van der Waals surface area contributed by atoms with Gasteiger partial charge in [-0.25, -0.2) is 0 Å². The summed E-state index contributed by atoms with van der Waals surface area (Å²) in [6.07, 6.45) is 2.67. The van der Waals surface area contributed by atoms with Gasteiger partial charge in [-0.15, -0.1) is 0 Å². The van der Waals surface area contributed by atoms with Gasteiger partial charge in [0.15, 0.2) is 0 Å². The molecule has 0 saturated heterocycles. The minimum Gasteiger partial charge on any atom is -0.505 e. The number of aromatic nitrogens is 1. The number of carbonyl (C=O) groups excluding carboxylic acids is 1. The van der Waals surface area contributed by atoms with Crippen LogP contribution in [0, 0.1) is 6.92 Å². The molecule has 1 aromatic heterocycles. The van der Waals surface area contributed by atoms with E-state index in [9.17, 15) is 9.90 Å². The van der Waals surface area contributed by atoms with Crippen molar-refractivity contribution in [3.8, 4) is 5.75 Å². The Bertz CT molecular complexity index is 599. The Hall–Kier alpha value is -2.07. The molecule has 18 heavy (non-hydrogen) atoms. The summed E-state index contributed by atoms with van der Waals surface area (Å²) < 4.78 is 0. The van der Waals surface area contributed by atoms with E-state index in [2.05, 4.69) is 10.3 Å². The van der Waals surface area contributed by atoms with E-state index in [4.69, 9.17) is 11.6 Å². The number of rotatable bonds is 2. The van der Waals surface area contributed by atoms with Gasteiger partial charge in [-0.1, -0.05) is 11.6 Å². The van der Waals surface area contributed by atoms with Crippen LogP contribution in [0.2, 0.25) is 5.02 Å². The quantitative estimate of drug-likeness (QED) is 0.875. The van der Waals surface area contributed by atoms with Crippen molar-refractivity contribution in [3.05, 3.63) is 52.8 Å². The van der Waals surface area contributed by atoms with Crippen molar-refractivity contribution in [1.29, 1.82) is 0 Å². The highest BCUT2D eigenvalue weighted by molar-refractivity contribution is 6.30. The predicted molar refractivity (Wildman–Crippen MR) is 70.0 cm³/mol. The topological polar surface area (TPSA) is 62.2 Å². The number of aryl methyl sites for hydroxylation is 1. The van der Waals surface area contributed by atoms with Gasteiger partial charge in [0.25, 0.3) is 5.91 Å². The fraction of sp³-hybridized carbons (Fsp3) is 0.0769. The molecule has 92 valence electrons. The number of anilines is 1. The van der Waals surface area contributed by atoms with Gasteiger partial charge in [0.2, 0.25) is 0 Å². The van der Waals surface area contributed by atoms with Gasteiger partial charge >= 0.3 is 0 Å². The van der Waals surface area contributed by atoms with Crippen LogP contribution in [0.3, 0.4) is 0 Å². The maximum absolute atomic E-state index is 11.9. The smallest absolute Gasteiger partial charge is 0.259 e. The molecule has 0 spiro atoms. The van der Waals surface area contributed by atoms with Crippen molar-refractivity contribution >= 4 is 23.2 Å². The maximum Gasteiger partial charge on any atom is 0.259 e. The lowest BCUT2D eigenvalue weighted by Gasteiger charge is -2.09. The van der Waals surface area contributed by atoms with Gasteiger partial charge in [-0.2, -0.15) is 0 Å². The second-order valence-corrected chi connectivity index (χ2v) is 4.24. The number of hydrogen-bond donors (Lipinski definition) is 2. The van der Waals surface area contributed by atoms with E-state index < -0.39 is 0 Å². The van der Waals surface area contributed by atoms with Gasteiger partial charge in [0.05, 0.1) is 11.8 Å². The number of aromatic hydroxyl groups is 1. The molecule has 0 fully saturated rings. The van der Waals surface area contributed by atoms with Gasteiger partial charge in [0, 0.05) is 16.9 Å². The third kappa shape index (κ3) is 2.60. The van der Waals surface area contributed by atoms with E-state index in [-0.39, 0.29) is 17.2 Å². The molecule has 0 saturated carbocycles. The van der Waals surface area contributed by atoms with Crippen LogP contribution in [0.15, 0.2) is 36.7 Å². The van der Waals surface area contributed by atoms with Crippen molar-refractivity contribution in [2.45, 2.75) is 6.92 Å². The van der Waals surface area contributed by atoms with Crippen LogP contribution in [0.5, 0.6) is 5.75 Å². The molecule has 0 radical (unpaired) electrons. The zero-order chi connectivity index (χ0) is 13.1.